The van der Waals surface area contributed by atoms with E-state index in [1.165, 1.54) is 12.1 Å². The molecule has 1 atom stereocenters. The molecule has 2 N–H and O–H groups in total. The second-order valence-corrected chi connectivity index (χ2v) is 4.57. The molecule has 0 aliphatic carbocycles. The largest absolute Gasteiger partial charge is 0.327 e. The molecule has 0 fully saturated rings. The molecule has 0 heterocycles. The lowest BCUT2D eigenvalue weighted by Crippen LogP contribution is -2.29. The molecule has 0 saturated carbocycles. The first-order valence-electron chi connectivity index (χ1n) is 5.15. The van der Waals surface area contributed by atoms with Gasteiger partial charge in [-0.1, -0.05) is 25.4 Å². The van der Waals surface area contributed by atoms with Gasteiger partial charge in [-0.25, -0.2) is 4.39 Å². The van der Waals surface area contributed by atoms with Gasteiger partial charge in [0, 0.05) is 18.0 Å². The van der Waals surface area contributed by atoms with E-state index in [1.807, 2.05) is 13.8 Å². The highest BCUT2D eigenvalue weighted by molar-refractivity contribution is 6.33. The Bertz CT molecular complexity index is 393. The standard InChI is InChI=1S/C12H15ClFNO/c1-7(2)11(15)6-12(16)9-5-8(14)3-4-10(9)13/h3-5,7,11H,6,15H2,1-2H3. The summed E-state index contributed by atoms with van der Waals surface area (Å²) >= 11 is 5.83. The number of carbonyl (C=O) groups is 1. The third-order valence-electron chi connectivity index (χ3n) is 2.51. The van der Waals surface area contributed by atoms with E-state index in [0.29, 0.717) is 0 Å². The van der Waals surface area contributed by atoms with Crippen molar-refractivity contribution in [3.63, 3.8) is 0 Å². The van der Waals surface area contributed by atoms with Crippen molar-refractivity contribution in [2.45, 2.75) is 26.3 Å². The van der Waals surface area contributed by atoms with E-state index in [9.17, 15) is 9.18 Å². The summed E-state index contributed by atoms with van der Waals surface area (Å²) in [6, 6.07) is 3.52. The van der Waals surface area contributed by atoms with Gasteiger partial charge < -0.3 is 5.73 Å². The molecule has 0 bridgehead atoms. The molecule has 1 aromatic rings. The summed E-state index contributed by atoms with van der Waals surface area (Å²) in [6.07, 6.45) is 0.181. The monoisotopic (exact) mass is 243 g/mol. The van der Waals surface area contributed by atoms with Gasteiger partial charge >= 0.3 is 0 Å². The summed E-state index contributed by atoms with van der Waals surface area (Å²) < 4.78 is 13.0. The SMILES string of the molecule is CC(C)C(N)CC(=O)c1cc(F)ccc1Cl. The fourth-order valence-corrected chi connectivity index (χ4v) is 1.49. The molecule has 0 aromatic heterocycles. The Labute approximate surface area is 99.6 Å². The van der Waals surface area contributed by atoms with E-state index >= 15 is 0 Å². The molecule has 0 aliphatic heterocycles. The van der Waals surface area contributed by atoms with Crippen molar-refractivity contribution in [1.29, 1.82) is 0 Å². The average Bonchev–Trinajstić information content (AvgIpc) is 2.21. The van der Waals surface area contributed by atoms with Crippen LogP contribution in [0.5, 0.6) is 0 Å². The molecule has 0 radical (unpaired) electrons. The fourth-order valence-electron chi connectivity index (χ4n) is 1.27. The molecule has 0 aliphatic rings. The maximum absolute atomic E-state index is 13.0. The molecule has 1 rings (SSSR count). The molecule has 1 aromatic carbocycles. The fraction of sp³-hybridized carbons (Fsp3) is 0.417. The van der Waals surface area contributed by atoms with Crippen molar-refractivity contribution in [2.24, 2.45) is 11.7 Å². The van der Waals surface area contributed by atoms with Gasteiger partial charge in [-0.2, -0.15) is 0 Å². The van der Waals surface area contributed by atoms with Crippen LogP contribution in [0.1, 0.15) is 30.6 Å². The predicted molar refractivity (Wildman–Crippen MR) is 63.2 cm³/mol. The smallest absolute Gasteiger partial charge is 0.166 e. The summed E-state index contributed by atoms with van der Waals surface area (Å²) in [5.41, 5.74) is 5.99. The van der Waals surface area contributed by atoms with Crippen molar-refractivity contribution in [3.8, 4) is 0 Å². The van der Waals surface area contributed by atoms with E-state index < -0.39 is 5.82 Å². The number of rotatable bonds is 4. The predicted octanol–water partition coefficient (Wildman–Crippen LogP) is 3.04. The molecule has 0 spiro atoms. The molecule has 2 nitrogen and oxygen atoms in total. The molecule has 0 saturated heterocycles. The highest BCUT2D eigenvalue weighted by Crippen LogP contribution is 2.20. The zero-order valence-corrected chi connectivity index (χ0v) is 10.1. The zero-order chi connectivity index (χ0) is 12.3. The maximum atomic E-state index is 13.0. The van der Waals surface area contributed by atoms with Gasteiger partial charge in [0.25, 0.3) is 0 Å². The summed E-state index contributed by atoms with van der Waals surface area (Å²) in [6.45, 7) is 3.87. The quantitative estimate of drug-likeness (QED) is 0.826. The number of Topliss-reactive ketones (excluding diaryl/α,β-unsaturated/α-hetero) is 1. The summed E-state index contributed by atoms with van der Waals surface area (Å²) in [5.74, 6) is -0.479. The topological polar surface area (TPSA) is 43.1 Å². The molecule has 1 unspecified atom stereocenters. The number of hydrogen-bond acceptors (Lipinski definition) is 2. The minimum Gasteiger partial charge on any atom is -0.327 e. The van der Waals surface area contributed by atoms with Crippen molar-refractivity contribution in [2.75, 3.05) is 0 Å². The number of nitrogens with two attached hydrogens (primary N) is 1. The van der Waals surface area contributed by atoms with Crippen LogP contribution in [0.4, 0.5) is 4.39 Å². The Morgan fingerprint density at radius 3 is 2.69 bits per heavy atom. The summed E-state index contributed by atoms with van der Waals surface area (Å²) in [5, 5.41) is 0.266. The molecular formula is C12H15ClFNO. The third-order valence-corrected chi connectivity index (χ3v) is 2.84. The van der Waals surface area contributed by atoms with E-state index in [2.05, 4.69) is 0 Å². The average molecular weight is 244 g/mol. The van der Waals surface area contributed by atoms with E-state index in [0.717, 1.165) is 6.07 Å². The number of benzene rings is 1. The Hall–Kier alpha value is -0.930. The first kappa shape index (κ1) is 13.1. The number of ketones is 1. The van der Waals surface area contributed by atoms with Gasteiger partial charge in [0.15, 0.2) is 5.78 Å². The van der Waals surface area contributed by atoms with Gasteiger partial charge in [0.1, 0.15) is 5.82 Å². The Morgan fingerprint density at radius 2 is 2.12 bits per heavy atom. The van der Waals surface area contributed by atoms with Crippen LogP contribution >= 0.6 is 11.6 Å². The van der Waals surface area contributed by atoms with Crippen molar-refractivity contribution in [1.82, 2.24) is 0 Å². The van der Waals surface area contributed by atoms with E-state index in [-0.39, 0.29) is 34.7 Å². The Balaban J connectivity index is 2.84. The first-order chi connectivity index (χ1) is 7.41. The van der Waals surface area contributed by atoms with Crippen LogP contribution in [0, 0.1) is 11.7 Å². The molecule has 0 amide bonds. The molecular weight excluding hydrogens is 229 g/mol. The Kier molecular flexibility index (Phi) is 4.44. The van der Waals surface area contributed by atoms with Crippen LogP contribution < -0.4 is 5.73 Å². The highest BCUT2D eigenvalue weighted by atomic mass is 35.5. The lowest BCUT2D eigenvalue weighted by atomic mass is 9.96. The van der Waals surface area contributed by atoms with Gasteiger partial charge in [-0.05, 0) is 24.1 Å². The second kappa shape index (κ2) is 5.41. The zero-order valence-electron chi connectivity index (χ0n) is 9.34. The van der Waals surface area contributed by atoms with Crippen molar-refractivity contribution in [3.05, 3.63) is 34.6 Å². The lowest BCUT2D eigenvalue weighted by Gasteiger charge is -2.14. The molecule has 16 heavy (non-hydrogen) atoms. The van der Waals surface area contributed by atoms with E-state index in [4.69, 9.17) is 17.3 Å². The van der Waals surface area contributed by atoms with Crippen LogP contribution in [0.25, 0.3) is 0 Å². The van der Waals surface area contributed by atoms with Crippen LogP contribution in [0.3, 0.4) is 0 Å². The lowest BCUT2D eigenvalue weighted by molar-refractivity contribution is 0.0967. The highest BCUT2D eigenvalue weighted by Gasteiger charge is 2.17. The van der Waals surface area contributed by atoms with Gasteiger partial charge in [-0.15, -0.1) is 0 Å². The van der Waals surface area contributed by atoms with Gasteiger partial charge in [0.05, 0.1) is 5.02 Å². The van der Waals surface area contributed by atoms with E-state index in [1.54, 1.807) is 0 Å². The second-order valence-electron chi connectivity index (χ2n) is 4.16. The first-order valence-corrected chi connectivity index (χ1v) is 5.53. The summed E-state index contributed by atoms with van der Waals surface area (Å²) in [7, 11) is 0. The van der Waals surface area contributed by atoms with Crippen molar-refractivity contribution < 1.29 is 9.18 Å². The van der Waals surface area contributed by atoms with Crippen LogP contribution in [0.15, 0.2) is 18.2 Å². The normalized spacial score (nSPS) is 12.9. The maximum Gasteiger partial charge on any atom is 0.166 e. The van der Waals surface area contributed by atoms with Crippen molar-refractivity contribution >= 4 is 17.4 Å². The number of hydrogen-bond donors (Lipinski definition) is 1. The number of halogens is 2. The minimum atomic E-state index is -0.467. The van der Waals surface area contributed by atoms with Crippen LogP contribution in [-0.2, 0) is 0 Å². The van der Waals surface area contributed by atoms with Crippen LogP contribution in [0.2, 0.25) is 5.02 Å². The minimum absolute atomic E-state index is 0.181. The van der Waals surface area contributed by atoms with Gasteiger partial charge in [-0.3, -0.25) is 4.79 Å². The summed E-state index contributed by atoms with van der Waals surface area (Å²) in [4.78, 5) is 11.8. The Morgan fingerprint density at radius 1 is 1.50 bits per heavy atom. The molecule has 88 valence electrons. The molecule has 4 heteroatoms. The van der Waals surface area contributed by atoms with Gasteiger partial charge in [0.2, 0.25) is 0 Å². The number of carbonyl (C=O) groups excluding carboxylic acids is 1. The van der Waals surface area contributed by atoms with Crippen LogP contribution in [-0.4, -0.2) is 11.8 Å². The third kappa shape index (κ3) is 3.29.